The minimum atomic E-state index is -4.51. The van der Waals surface area contributed by atoms with Crippen molar-refractivity contribution in [3.05, 3.63) is 29.3 Å². The number of rotatable bonds is 4. The van der Waals surface area contributed by atoms with Crippen LogP contribution < -0.4 is 11.1 Å². The van der Waals surface area contributed by atoms with Crippen molar-refractivity contribution in [2.24, 2.45) is 0 Å². The first-order valence-corrected chi connectivity index (χ1v) is 5.56. The summed E-state index contributed by atoms with van der Waals surface area (Å²) >= 11 is 0. The van der Waals surface area contributed by atoms with Gasteiger partial charge in [0.1, 0.15) is 6.54 Å². The summed E-state index contributed by atoms with van der Waals surface area (Å²) in [6.45, 7) is -0.515. The third-order valence-corrected chi connectivity index (χ3v) is 2.34. The Morgan fingerprint density at radius 1 is 1.35 bits per heavy atom. The van der Waals surface area contributed by atoms with Gasteiger partial charge in [0.25, 0.3) is 5.91 Å². The van der Waals surface area contributed by atoms with Gasteiger partial charge in [-0.2, -0.15) is 13.2 Å². The summed E-state index contributed by atoms with van der Waals surface area (Å²) in [6, 6.07) is 4.41. The van der Waals surface area contributed by atoms with Crippen LogP contribution >= 0.6 is 0 Å². The minimum Gasteiger partial charge on any atom is -0.452 e. The van der Waals surface area contributed by atoms with E-state index in [1.54, 1.807) is 18.3 Å². The summed E-state index contributed by atoms with van der Waals surface area (Å²) in [7, 11) is 0. The largest absolute Gasteiger partial charge is 0.452 e. The van der Waals surface area contributed by atoms with Gasteiger partial charge in [0.2, 0.25) is 0 Å². The zero-order valence-electron chi connectivity index (χ0n) is 10.6. The summed E-state index contributed by atoms with van der Waals surface area (Å²) in [5.74, 6) is -1.87. The molecule has 1 aromatic carbocycles. The molecule has 110 valence electrons. The molecule has 1 amide bonds. The van der Waals surface area contributed by atoms with E-state index in [9.17, 15) is 22.8 Å². The third-order valence-electron chi connectivity index (χ3n) is 2.34. The van der Waals surface area contributed by atoms with Crippen molar-refractivity contribution in [2.45, 2.75) is 13.1 Å². The number of amides is 1. The Morgan fingerprint density at radius 2 is 2.00 bits per heavy atom. The lowest BCUT2D eigenvalue weighted by Crippen LogP contribution is -2.36. The van der Waals surface area contributed by atoms with Crippen LogP contribution in [0.3, 0.4) is 0 Å². The van der Waals surface area contributed by atoms with Gasteiger partial charge in [-0.1, -0.05) is 6.07 Å². The molecule has 20 heavy (non-hydrogen) atoms. The lowest BCUT2D eigenvalue weighted by atomic mass is 10.1. The van der Waals surface area contributed by atoms with E-state index in [1.807, 2.05) is 0 Å². The number of aryl methyl sites for hydroxylation is 1. The number of ether oxygens (including phenoxy) is 1. The number of hydrogen-bond donors (Lipinski definition) is 2. The van der Waals surface area contributed by atoms with Crippen LogP contribution in [0.4, 0.5) is 18.9 Å². The molecule has 0 heterocycles. The Balaban J connectivity index is 2.47. The molecule has 5 nitrogen and oxygen atoms in total. The SMILES string of the molecule is Cc1ccc(C(=O)OCC(=O)NCC(F)(F)F)cc1N. The molecule has 1 rings (SSSR count). The molecular weight excluding hydrogens is 277 g/mol. The number of alkyl halides is 3. The van der Waals surface area contributed by atoms with E-state index in [4.69, 9.17) is 5.73 Å². The van der Waals surface area contributed by atoms with Crippen molar-refractivity contribution in [3.63, 3.8) is 0 Å². The topological polar surface area (TPSA) is 81.4 Å². The summed E-state index contributed by atoms with van der Waals surface area (Å²) in [5, 5.41) is 1.58. The van der Waals surface area contributed by atoms with Gasteiger partial charge >= 0.3 is 12.1 Å². The second kappa shape index (κ2) is 6.27. The standard InChI is InChI=1S/C12H13F3N2O3/c1-7-2-3-8(4-9(7)16)11(19)20-5-10(18)17-6-12(13,14)15/h2-4H,5-6,16H2,1H3,(H,17,18). The first-order chi connectivity index (χ1) is 9.19. The average molecular weight is 290 g/mol. The maximum Gasteiger partial charge on any atom is 0.405 e. The van der Waals surface area contributed by atoms with Crippen LogP contribution in [0.5, 0.6) is 0 Å². The van der Waals surface area contributed by atoms with Crippen LogP contribution in [0.2, 0.25) is 0 Å². The summed E-state index contributed by atoms with van der Waals surface area (Å²) in [4.78, 5) is 22.6. The molecule has 0 saturated heterocycles. The van der Waals surface area contributed by atoms with Crippen LogP contribution in [0, 0.1) is 6.92 Å². The predicted octanol–water partition coefficient (Wildman–Crippen LogP) is 1.41. The molecule has 0 bridgehead atoms. The molecule has 0 radical (unpaired) electrons. The maximum absolute atomic E-state index is 11.8. The van der Waals surface area contributed by atoms with E-state index in [2.05, 4.69) is 4.74 Å². The number of nitrogens with two attached hydrogens (primary N) is 1. The van der Waals surface area contributed by atoms with Gasteiger partial charge < -0.3 is 15.8 Å². The molecule has 1 aromatic rings. The number of nitrogen functional groups attached to an aromatic ring is 1. The van der Waals surface area contributed by atoms with Crippen molar-refractivity contribution in [3.8, 4) is 0 Å². The highest BCUT2D eigenvalue weighted by molar-refractivity contribution is 5.92. The highest BCUT2D eigenvalue weighted by atomic mass is 19.4. The molecule has 0 saturated carbocycles. The second-order valence-electron chi connectivity index (χ2n) is 4.04. The van der Waals surface area contributed by atoms with E-state index in [-0.39, 0.29) is 5.56 Å². The Bertz CT molecular complexity index is 515. The van der Waals surface area contributed by atoms with Gasteiger partial charge in [-0.3, -0.25) is 4.79 Å². The zero-order valence-corrected chi connectivity index (χ0v) is 10.6. The summed E-state index contributed by atoms with van der Waals surface area (Å²) < 4.78 is 40.1. The number of carbonyl (C=O) groups is 2. The Hall–Kier alpha value is -2.25. The molecule has 0 unspecified atom stereocenters. The van der Waals surface area contributed by atoms with Crippen LogP contribution in [-0.2, 0) is 9.53 Å². The molecule has 3 N–H and O–H groups in total. The van der Waals surface area contributed by atoms with Crippen LogP contribution in [-0.4, -0.2) is 31.2 Å². The van der Waals surface area contributed by atoms with Crippen LogP contribution in [0.15, 0.2) is 18.2 Å². The Kier molecular flexibility index (Phi) is 4.95. The van der Waals surface area contributed by atoms with Crippen molar-refractivity contribution in [2.75, 3.05) is 18.9 Å². The monoisotopic (exact) mass is 290 g/mol. The summed E-state index contributed by atoms with van der Waals surface area (Å²) in [6.07, 6.45) is -4.51. The van der Waals surface area contributed by atoms with Gasteiger partial charge in [0.05, 0.1) is 5.56 Å². The molecule has 0 aliphatic carbocycles. The van der Waals surface area contributed by atoms with Crippen molar-refractivity contribution in [1.82, 2.24) is 5.32 Å². The maximum atomic E-state index is 11.8. The lowest BCUT2D eigenvalue weighted by Gasteiger charge is -2.09. The number of carbonyl (C=O) groups excluding carboxylic acids is 2. The van der Waals surface area contributed by atoms with Crippen molar-refractivity contribution >= 4 is 17.6 Å². The fourth-order valence-corrected chi connectivity index (χ4v) is 1.23. The highest BCUT2D eigenvalue weighted by Crippen LogP contribution is 2.14. The molecule has 0 atom stereocenters. The quantitative estimate of drug-likeness (QED) is 0.649. The normalized spacial score (nSPS) is 11.0. The van der Waals surface area contributed by atoms with Gasteiger partial charge in [-0.05, 0) is 24.6 Å². The number of halogens is 3. The second-order valence-corrected chi connectivity index (χ2v) is 4.04. The number of nitrogens with one attached hydrogen (secondary N) is 1. The molecule has 8 heteroatoms. The number of hydrogen-bond acceptors (Lipinski definition) is 4. The van der Waals surface area contributed by atoms with E-state index in [0.29, 0.717) is 5.69 Å². The number of anilines is 1. The molecule has 0 spiro atoms. The Morgan fingerprint density at radius 3 is 2.55 bits per heavy atom. The number of benzene rings is 1. The minimum absolute atomic E-state index is 0.122. The number of esters is 1. The van der Waals surface area contributed by atoms with E-state index in [0.717, 1.165) is 5.56 Å². The molecular formula is C12H13F3N2O3. The first kappa shape index (κ1) is 15.8. The van der Waals surface area contributed by atoms with Gasteiger partial charge in [0, 0.05) is 5.69 Å². The van der Waals surface area contributed by atoms with E-state index in [1.165, 1.54) is 12.1 Å². The third kappa shape index (κ3) is 5.17. The van der Waals surface area contributed by atoms with Gasteiger partial charge in [-0.25, -0.2) is 4.79 Å². The van der Waals surface area contributed by atoms with Crippen molar-refractivity contribution < 1.29 is 27.5 Å². The van der Waals surface area contributed by atoms with E-state index < -0.39 is 31.2 Å². The lowest BCUT2D eigenvalue weighted by molar-refractivity contribution is -0.140. The van der Waals surface area contributed by atoms with Gasteiger partial charge in [-0.15, -0.1) is 0 Å². The molecule has 0 aromatic heterocycles. The fourth-order valence-electron chi connectivity index (χ4n) is 1.23. The first-order valence-electron chi connectivity index (χ1n) is 5.56. The average Bonchev–Trinajstić information content (AvgIpc) is 2.36. The molecule has 0 aliphatic heterocycles. The zero-order chi connectivity index (χ0) is 15.3. The van der Waals surface area contributed by atoms with Crippen LogP contribution in [0.1, 0.15) is 15.9 Å². The molecule has 0 aliphatic rings. The fraction of sp³-hybridized carbons (Fsp3) is 0.333. The van der Waals surface area contributed by atoms with Crippen molar-refractivity contribution in [1.29, 1.82) is 0 Å². The Labute approximate surface area is 112 Å². The predicted molar refractivity (Wildman–Crippen MR) is 64.9 cm³/mol. The van der Waals surface area contributed by atoms with E-state index >= 15 is 0 Å². The van der Waals surface area contributed by atoms with Crippen LogP contribution in [0.25, 0.3) is 0 Å². The smallest absolute Gasteiger partial charge is 0.405 e. The molecule has 0 fully saturated rings. The van der Waals surface area contributed by atoms with Gasteiger partial charge in [0.15, 0.2) is 6.61 Å². The summed E-state index contributed by atoms with van der Waals surface area (Å²) in [5.41, 5.74) is 6.86. The highest BCUT2D eigenvalue weighted by Gasteiger charge is 2.27.